The average molecular weight is 320 g/mol. The topological polar surface area (TPSA) is 50.2 Å². The lowest BCUT2D eigenvalue weighted by Crippen LogP contribution is -2.34. The number of nitrogens with zero attached hydrogens (tertiary/aromatic N) is 3. The molecule has 0 bridgehead atoms. The fourth-order valence-electron chi connectivity index (χ4n) is 2.77. The number of para-hydroxylation sites is 1. The van der Waals surface area contributed by atoms with Crippen LogP contribution >= 0.6 is 0 Å². The molecule has 1 unspecified atom stereocenters. The normalized spacial score (nSPS) is 17.8. The highest BCUT2D eigenvalue weighted by Crippen LogP contribution is 2.28. The molecule has 1 atom stereocenters. The molecule has 1 aromatic heterocycles. The molecular formula is C16H18F2N4O. The summed E-state index contributed by atoms with van der Waals surface area (Å²) in [6.07, 6.45) is 4.91. The summed E-state index contributed by atoms with van der Waals surface area (Å²) in [6, 6.07) is 3.09. The van der Waals surface area contributed by atoms with Gasteiger partial charge in [-0.15, -0.1) is 0 Å². The summed E-state index contributed by atoms with van der Waals surface area (Å²) in [6.45, 7) is 3.13. The third kappa shape index (κ3) is 3.04. The molecule has 3 rings (SSSR count). The van der Waals surface area contributed by atoms with Gasteiger partial charge in [0.05, 0.1) is 11.9 Å². The standard InChI is InChI=1S/C16H18F2N4O/c1-2-7-21-10-11(9-19-21)20-14-6-8-22(16(14)23)15-12(17)4-3-5-13(15)18/h3-5,9-10,14,20H,2,6-8H2,1H3. The van der Waals surface area contributed by atoms with E-state index in [1.54, 1.807) is 10.9 Å². The summed E-state index contributed by atoms with van der Waals surface area (Å²) in [4.78, 5) is 13.6. The number of anilines is 2. The van der Waals surface area contributed by atoms with E-state index in [0.29, 0.717) is 6.42 Å². The number of carbonyl (C=O) groups is 1. The van der Waals surface area contributed by atoms with Crippen molar-refractivity contribution in [1.29, 1.82) is 0 Å². The highest BCUT2D eigenvalue weighted by molar-refractivity contribution is 6.01. The largest absolute Gasteiger partial charge is 0.371 e. The summed E-state index contributed by atoms with van der Waals surface area (Å²) >= 11 is 0. The Kier molecular flexibility index (Phi) is 4.27. The first kappa shape index (κ1) is 15.5. The van der Waals surface area contributed by atoms with Gasteiger partial charge in [-0.05, 0) is 25.0 Å². The molecule has 0 aliphatic carbocycles. The van der Waals surface area contributed by atoms with Crippen molar-refractivity contribution in [3.05, 3.63) is 42.2 Å². The van der Waals surface area contributed by atoms with Crippen LogP contribution in [0, 0.1) is 11.6 Å². The number of halogens is 2. The fourth-order valence-corrected chi connectivity index (χ4v) is 2.77. The smallest absolute Gasteiger partial charge is 0.249 e. The van der Waals surface area contributed by atoms with Gasteiger partial charge in [-0.1, -0.05) is 13.0 Å². The van der Waals surface area contributed by atoms with E-state index in [2.05, 4.69) is 17.3 Å². The quantitative estimate of drug-likeness (QED) is 0.921. The predicted molar refractivity (Wildman–Crippen MR) is 83.3 cm³/mol. The SMILES string of the molecule is CCCn1cc(NC2CCN(c3c(F)cccc3F)C2=O)cn1. The van der Waals surface area contributed by atoms with Gasteiger partial charge in [0.2, 0.25) is 5.91 Å². The van der Waals surface area contributed by atoms with Gasteiger partial charge in [-0.25, -0.2) is 8.78 Å². The van der Waals surface area contributed by atoms with Crippen LogP contribution in [0.2, 0.25) is 0 Å². The van der Waals surface area contributed by atoms with Crippen molar-refractivity contribution in [1.82, 2.24) is 9.78 Å². The molecule has 5 nitrogen and oxygen atoms in total. The maximum absolute atomic E-state index is 13.9. The second-order valence-electron chi connectivity index (χ2n) is 5.54. The molecule has 1 amide bonds. The summed E-state index contributed by atoms with van der Waals surface area (Å²) < 4.78 is 29.5. The van der Waals surface area contributed by atoms with Crippen LogP contribution in [0.3, 0.4) is 0 Å². The van der Waals surface area contributed by atoms with Crippen LogP contribution < -0.4 is 10.2 Å². The molecule has 2 heterocycles. The van der Waals surface area contributed by atoms with Gasteiger partial charge in [0.1, 0.15) is 23.4 Å². The van der Waals surface area contributed by atoms with E-state index in [1.165, 1.54) is 11.0 Å². The number of hydrogen-bond acceptors (Lipinski definition) is 3. The minimum Gasteiger partial charge on any atom is -0.371 e. The maximum Gasteiger partial charge on any atom is 0.249 e. The minimum absolute atomic E-state index is 0.275. The molecule has 2 aromatic rings. The molecular weight excluding hydrogens is 302 g/mol. The first-order valence-electron chi connectivity index (χ1n) is 7.64. The monoisotopic (exact) mass is 320 g/mol. The van der Waals surface area contributed by atoms with Gasteiger partial charge in [0.15, 0.2) is 0 Å². The second kappa shape index (κ2) is 6.36. The van der Waals surface area contributed by atoms with E-state index in [0.717, 1.165) is 30.8 Å². The number of benzene rings is 1. The highest BCUT2D eigenvalue weighted by atomic mass is 19.1. The summed E-state index contributed by atoms with van der Waals surface area (Å²) in [7, 11) is 0. The third-order valence-electron chi connectivity index (χ3n) is 3.84. The predicted octanol–water partition coefficient (Wildman–Crippen LogP) is 2.79. The Hall–Kier alpha value is -2.44. The van der Waals surface area contributed by atoms with Crippen LogP contribution in [0.25, 0.3) is 0 Å². The van der Waals surface area contributed by atoms with Crippen molar-refractivity contribution >= 4 is 17.3 Å². The average Bonchev–Trinajstić information content (AvgIpc) is 3.09. The lowest BCUT2D eigenvalue weighted by atomic mass is 10.2. The van der Waals surface area contributed by atoms with E-state index < -0.39 is 17.7 Å². The van der Waals surface area contributed by atoms with E-state index in [9.17, 15) is 13.6 Å². The van der Waals surface area contributed by atoms with E-state index in [4.69, 9.17) is 0 Å². The Morgan fingerprint density at radius 1 is 1.35 bits per heavy atom. The lowest BCUT2D eigenvalue weighted by Gasteiger charge is -2.18. The zero-order valence-corrected chi connectivity index (χ0v) is 12.8. The Morgan fingerprint density at radius 3 is 2.78 bits per heavy atom. The zero-order chi connectivity index (χ0) is 16.4. The van der Waals surface area contributed by atoms with Gasteiger partial charge in [0, 0.05) is 19.3 Å². The molecule has 0 saturated carbocycles. The molecule has 7 heteroatoms. The van der Waals surface area contributed by atoms with Crippen LogP contribution in [-0.2, 0) is 11.3 Å². The van der Waals surface area contributed by atoms with Crippen LogP contribution in [0.4, 0.5) is 20.2 Å². The summed E-state index contributed by atoms with van der Waals surface area (Å²) in [5.41, 5.74) is 0.455. The lowest BCUT2D eigenvalue weighted by molar-refractivity contribution is -0.117. The third-order valence-corrected chi connectivity index (χ3v) is 3.84. The van der Waals surface area contributed by atoms with Gasteiger partial charge in [-0.2, -0.15) is 5.10 Å². The number of aromatic nitrogens is 2. The maximum atomic E-state index is 13.9. The van der Waals surface area contributed by atoms with Gasteiger partial charge in [-0.3, -0.25) is 9.48 Å². The van der Waals surface area contributed by atoms with E-state index >= 15 is 0 Å². The number of carbonyl (C=O) groups excluding carboxylic acids is 1. The molecule has 1 aromatic carbocycles. The molecule has 1 fully saturated rings. The van der Waals surface area contributed by atoms with Gasteiger partial charge >= 0.3 is 0 Å². The van der Waals surface area contributed by atoms with Crippen LogP contribution in [0.1, 0.15) is 19.8 Å². The molecule has 1 saturated heterocycles. The molecule has 1 N–H and O–H groups in total. The highest BCUT2D eigenvalue weighted by Gasteiger charge is 2.35. The van der Waals surface area contributed by atoms with Gasteiger partial charge < -0.3 is 10.2 Å². The van der Waals surface area contributed by atoms with Crippen molar-refractivity contribution in [2.75, 3.05) is 16.8 Å². The Morgan fingerprint density at radius 2 is 2.09 bits per heavy atom. The molecule has 0 radical (unpaired) electrons. The number of aryl methyl sites for hydroxylation is 1. The van der Waals surface area contributed by atoms with Crippen LogP contribution in [0.5, 0.6) is 0 Å². The minimum atomic E-state index is -0.727. The van der Waals surface area contributed by atoms with Crippen LogP contribution in [0.15, 0.2) is 30.6 Å². The van der Waals surface area contributed by atoms with Crippen molar-refractivity contribution in [2.45, 2.75) is 32.4 Å². The Bertz CT molecular complexity index is 696. The van der Waals surface area contributed by atoms with Crippen molar-refractivity contribution in [3.8, 4) is 0 Å². The molecule has 0 spiro atoms. The van der Waals surface area contributed by atoms with Gasteiger partial charge in [0.25, 0.3) is 0 Å². The van der Waals surface area contributed by atoms with Crippen LogP contribution in [-0.4, -0.2) is 28.3 Å². The van der Waals surface area contributed by atoms with Crippen molar-refractivity contribution < 1.29 is 13.6 Å². The summed E-state index contributed by atoms with van der Waals surface area (Å²) in [5, 5.41) is 7.28. The van der Waals surface area contributed by atoms with Crippen molar-refractivity contribution in [3.63, 3.8) is 0 Å². The molecule has 1 aliphatic heterocycles. The zero-order valence-electron chi connectivity index (χ0n) is 12.8. The summed E-state index contributed by atoms with van der Waals surface area (Å²) in [5.74, 6) is -1.79. The first-order valence-corrected chi connectivity index (χ1v) is 7.64. The molecule has 23 heavy (non-hydrogen) atoms. The van der Waals surface area contributed by atoms with E-state index in [1.807, 2.05) is 6.20 Å². The number of hydrogen-bond donors (Lipinski definition) is 1. The molecule has 1 aliphatic rings. The number of nitrogens with one attached hydrogen (secondary N) is 1. The molecule has 122 valence electrons. The fraction of sp³-hybridized carbons (Fsp3) is 0.375. The second-order valence-corrected chi connectivity index (χ2v) is 5.54. The Labute approximate surface area is 132 Å². The Balaban J connectivity index is 1.73. The number of rotatable bonds is 5. The van der Waals surface area contributed by atoms with E-state index in [-0.39, 0.29) is 18.1 Å². The number of amides is 1. The first-order chi connectivity index (χ1) is 11.1. The van der Waals surface area contributed by atoms with Crippen molar-refractivity contribution in [2.24, 2.45) is 0 Å².